The van der Waals surface area contributed by atoms with Crippen LogP contribution in [0.25, 0.3) is 0 Å². The van der Waals surface area contributed by atoms with Crippen LogP contribution in [0.15, 0.2) is 42.5 Å². The first-order valence-electron chi connectivity index (χ1n) is 6.09. The molecular formula is C16H13Cl2NO. The molecule has 1 N–H and O–H groups in total. The SMILES string of the molecule is CC(O)(Cc1cc(Cl)ccc1Cl)c1cccc(C#N)c1. The smallest absolute Gasteiger partial charge is 0.0991 e. The second-order valence-electron chi connectivity index (χ2n) is 4.88. The summed E-state index contributed by atoms with van der Waals surface area (Å²) in [7, 11) is 0. The normalized spacial score (nSPS) is 13.6. The number of nitrogens with zero attached hydrogens (tertiary/aromatic N) is 1. The van der Waals surface area contributed by atoms with Crippen molar-refractivity contribution in [1.29, 1.82) is 5.26 Å². The van der Waals surface area contributed by atoms with Crippen molar-refractivity contribution in [2.75, 3.05) is 0 Å². The van der Waals surface area contributed by atoms with Gasteiger partial charge >= 0.3 is 0 Å². The quantitative estimate of drug-likeness (QED) is 0.918. The van der Waals surface area contributed by atoms with Gasteiger partial charge in [-0.2, -0.15) is 5.26 Å². The van der Waals surface area contributed by atoms with E-state index in [4.69, 9.17) is 28.5 Å². The lowest BCUT2D eigenvalue weighted by Crippen LogP contribution is -2.24. The Labute approximate surface area is 128 Å². The zero-order valence-corrected chi connectivity index (χ0v) is 12.4. The van der Waals surface area contributed by atoms with Crippen molar-refractivity contribution in [2.24, 2.45) is 0 Å². The fourth-order valence-electron chi connectivity index (χ4n) is 2.08. The Balaban J connectivity index is 2.35. The Kier molecular flexibility index (Phi) is 4.35. The first kappa shape index (κ1) is 14.9. The van der Waals surface area contributed by atoms with Crippen LogP contribution in [0.3, 0.4) is 0 Å². The number of hydrogen-bond donors (Lipinski definition) is 1. The molecule has 2 aromatic carbocycles. The van der Waals surface area contributed by atoms with Gasteiger partial charge in [-0.1, -0.05) is 35.3 Å². The van der Waals surface area contributed by atoms with Gasteiger partial charge in [0, 0.05) is 16.5 Å². The van der Waals surface area contributed by atoms with Gasteiger partial charge in [0.25, 0.3) is 0 Å². The van der Waals surface area contributed by atoms with Crippen molar-refractivity contribution < 1.29 is 5.11 Å². The third-order valence-electron chi connectivity index (χ3n) is 3.16. The lowest BCUT2D eigenvalue weighted by Gasteiger charge is -2.24. The van der Waals surface area contributed by atoms with Gasteiger partial charge in [0.1, 0.15) is 0 Å². The fourth-order valence-corrected chi connectivity index (χ4v) is 2.45. The molecule has 0 spiro atoms. The number of benzene rings is 2. The Morgan fingerprint density at radius 2 is 1.95 bits per heavy atom. The number of aliphatic hydroxyl groups is 1. The minimum atomic E-state index is -1.12. The number of halogens is 2. The summed E-state index contributed by atoms with van der Waals surface area (Å²) in [5.74, 6) is 0. The number of hydrogen-bond acceptors (Lipinski definition) is 2. The maximum atomic E-state index is 10.7. The van der Waals surface area contributed by atoms with Crippen LogP contribution in [0.1, 0.15) is 23.6 Å². The van der Waals surface area contributed by atoms with E-state index in [0.717, 1.165) is 5.56 Å². The monoisotopic (exact) mass is 305 g/mol. The Morgan fingerprint density at radius 3 is 2.65 bits per heavy atom. The summed E-state index contributed by atoms with van der Waals surface area (Å²) >= 11 is 12.1. The summed E-state index contributed by atoms with van der Waals surface area (Å²) in [5.41, 5.74) is 0.834. The average Bonchev–Trinajstić information content (AvgIpc) is 2.43. The molecule has 0 radical (unpaired) electrons. The van der Waals surface area contributed by atoms with E-state index in [9.17, 15) is 5.11 Å². The average molecular weight is 306 g/mol. The third kappa shape index (κ3) is 3.32. The molecule has 0 heterocycles. The third-order valence-corrected chi connectivity index (χ3v) is 3.76. The molecule has 2 aromatic rings. The van der Waals surface area contributed by atoms with Crippen molar-refractivity contribution in [3.63, 3.8) is 0 Å². The highest BCUT2D eigenvalue weighted by atomic mass is 35.5. The molecule has 0 fully saturated rings. The van der Waals surface area contributed by atoms with Crippen molar-refractivity contribution in [2.45, 2.75) is 18.9 Å². The maximum absolute atomic E-state index is 10.7. The van der Waals surface area contributed by atoms with E-state index in [1.54, 1.807) is 49.4 Å². The van der Waals surface area contributed by atoms with Crippen LogP contribution >= 0.6 is 23.2 Å². The molecule has 1 atom stereocenters. The van der Waals surface area contributed by atoms with Gasteiger partial charge in [0.2, 0.25) is 0 Å². The van der Waals surface area contributed by atoms with Gasteiger partial charge in [-0.15, -0.1) is 0 Å². The fraction of sp³-hybridized carbons (Fsp3) is 0.188. The molecule has 0 saturated heterocycles. The second kappa shape index (κ2) is 5.85. The van der Waals surface area contributed by atoms with Gasteiger partial charge in [-0.3, -0.25) is 0 Å². The highest BCUT2D eigenvalue weighted by Gasteiger charge is 2.25. The first-order valence-corrected chi connectivity index (χ1v) is 6.85. The molecular weight excluding hydrogens is 293 g/mol. The topological polar surface area (TPSA) is 44.0 Å². The predicted molar refractivity (Wildman–Crippen MR) is 80.9 cm³/mol. The van der Waals surface area contributed by atoms with E-state index >= 15 is 0 Å². The van der Waals surface area contributed by atoms with Gasteiger partial charge < -0.3 is 5.11 Å². The molecule has 0 amide bonds. The van der Waals surface area contributed by atoms with Gasteiger partial charge in [-0.25, -0.2) is 0 Å². The molecule has 102 valence electrons. The molecule has 1 unspecified atom stereocenters. The highest BCUT2D eigenvalue weighted by molar-refractivity contribution is 6.33. The standard InChI is InChI=1S/C16H13Cl2NO/c1-16(20,13-4-2-3-11(7-13)10-19)9-12-8-14(17)5-6-15(12)18/h2-8,20H,9H2,1H3. The summed E-state index contributed by atoms with van der Waals surface area (Å²) in [5, 5.41) is 20.7. The van der Waals surface area contributed by atoms with Crippen LogP contribution in [0.5, 0.6) is 0 Å². The van der Waals surface area contributed by atoms with Crippen LogP contribution < -0.4 is 0 Å². The highest BCUT2D eigenvalue weighted by Crippen LogP contribution is 2.30. The summed E-state index contributed by atoms with van der Waals surface area (Å²) in [6, 6.07) is 14.1. The number of nitriles is 1. The molecule has 2 nitrogen and oxygen atoms in total. The summed E-state index contributed by atoms with van der Waals surface area (Å²) in [6.07, 6.45) is 0.321. The molecule has 0 aromatic heterocycles. The van der Waals surface area contributed by atoms with Crippen molar-refractivity contribution in [3.05, 3.63) is 69.2 Å². The zero-order chi connectivity index (χ0) is 14.8. The summed E-state index contributed by atoms with van der Waals surface area (Å²) in [6.45, 7) is 1.70. The summed E-state index contributed by atoms with van der Waals surface area (Å²) in [4.78, 5) is 0. The van der Waals surface area contributed by atoms with Crippen LogP contribution in [0.2, 0.25) is 10.0 Å². The van der Waals surface area contributed by atoms with E-state index in [1.165, 1.54) is 0 Å². The molecule has 4 heteroatoms. The Bertz CT molecular complexity index is 674. The van der Waals surface area contributed by atoms with Gasteiger partial charge in [0.05, 0.1) is 17.2 Å². The van der Waals surface area contributed by atoms with Crippen LogP contribution in [-0.4, -0.2) is 5.11 Å². The van der Waals surface area contributed by atoms with Crippen molar-refractivity contribution in [1.82, 2.24) is 0 Å². The maximum Gasteiger partial charge on any atom is 0.0991 e. The minimum absolute atomic E-state index is 0.321. The largest absolute Gasteiger partial charge is 0.385 e. The molecule has 0 aliphatic heterocycles. The van der Waals surface area contributed by atoms with E-state index in [0.29, 0.717) is 27.6 Å². The van der Waals surface area contributed by atoms with Crippen LogP contribution in [0, 0.1) is 11.3 Å². The second-order valence-corrected chi connectivity index (χ2v) is 5.72. The lowest BCUT2D eigenvalue weighted by molar-refractivity contribution is 0.0576. The molecule has 20 heavy (non-hydrogen) atoms. The van der Waals surface area contributed by atoms with E-state index in [1.807, 2.05) is 0 Å². The Hall–Kier alpha value is -1.53. The number of rotatable bonds is 3. The molecule has 0 bridgehead atoms. The molecule has 0 aliphatic carbocycles. The minimum Gasteiger partial charge on any atom is -0.385 e. The Morgan fingerprint density at radius 1 is 1.20 bits per heavy atom. The van der Waals surface area contributed by atoms with Crippen LogP contribution in [0.4, 0.5) is 0 Å². The van der Waals surface area contributed by atoms with E-state index in [-0.39, 0.29) is 0 Å². The van der Waals surface area contributed by atoms with Gasteiger partial charge in [0.15, 0.2) is 0 Å². The van der Waals surface area contributed by atoms with Crippen molar-refractivity contribution in [3.8, 4) is 6.07 Å². The van der Waals surface area contributed by atoms with E-state index in [2.05, 4.69) is 6.07 Å². The predicted octanol–water partition coefficient (Wildman–Crippen LogP) is 4.32. The molecule has 0 aliphatic rings. The lowest BCUT2D eigenvalue weighted by atomic mass is 9.88. The molecule has 0 saturated carbocycles. The van der Waals surface area contributed by atoms with Gasteiger partial charge in [-0.05, 0) is 48.4 Å². The molecule has 2 rings (SSSR count). The zero-order valence-electron chi connectivity index (χ0n) is 10.9. The first-order chi connectivity index (χ1) is 9.42. The van der Waals surface area contributed by atoms with Crippen molar-refractivity contribution >= 4 is 23.2 Å². The summed E-state index contributed by atoms with van der Waals surface area (Å²) < 4.78 is 0. The van der Waals surface area contributed by atoms with Crippen LogP contribution in [-0.2, 0) is 12.0 Å². The van der Waals surface area contributed by atoms with E-state index < -0.39 is 5.60 Å².